The molecule has 0 aromatic heterocycles. The summed E-state index contributed by atoms with van der Waals surface area (Å²) in [7, 11) is 6.93. The van der Waals surface area contributed by atoms with Crippen LogP contribution in [-0.4, -0.2) is 51.6 Å². The third kappa shape index (κ3) is 6.33. The van der Waals surface area contributed by atoms with Gasteiger partial charge in [0.15, 0.2) is 5.96 Å². The van der Waals surface area contributed by atoms with Crippen molar-refractivity contribution in [1.29, 1.82) is 0 Å². The van der Waals surface area contributed by atoms with E-state index in [1.165, 1.54) is 0 Å². The predicted molar refractivity (Wildman–Crippen MR) is 109 cm³/mol. The normalized spacial score (nSPS) is 11.0. The molecule has 0 aliphatic carbocycles. The Kier molecular flexibility index (Phi) is 7.67. The topological polar surface area (TPSA) is 66.0 Å². The summed E-state index contributed by atoms with van der Waals surface area (Å²) < 4.78 is 5.24. The summed E-state index contributed by atoms with van der Waals surface area (Å²) in [4.78, 5) is 17.9. The van der Waals surface area contributed by atoms with Gasteiger partial charge in [-0.2, -0.15) is 0 Å². The minimum absolute atomic E-state index is 0.0144. The molecule has 0 bridgehead atoms. The van der Waals surface area contributed by atoms with Crippen molar-refractivity contribution >= 4 is 11.9 Å². The highest BCUT2D eigenvalue weighted by molar-refractivity contribution is 5.94. The molecule has 2 rings (SSSR count). The molecule has 27 heavy (non-hydrogen) atoms. The van der Waals surface area contributed by atoms with Crippen LogP contribution in [0.3, 0.4) is 0 Å². The molecule has 1 amide bonds. The standard InChI is InChI=1S/C21H28N4O2/c1-22-21(24-15-17-8-6-10-19(14-17)27-4)23-12-11-16-7-5-9-18(13-16)20(26)25(2)3/h5-10,13-14H,11-12,15H2,1-4H3,(H2,22,23,24). The summed E-state index contributed by atoms with van der Waals surface area (Å²) in [6.45, 7) is 1.38. The zero-order valence-corrected chi connectivity index (χ0v) is 16.5. The largest absolute Gasteiger partial charge is 0.497 e. The molecular formula is C21H28N4O2. The van der Waals surface area contributed by atoms with E-state index in [9.17, 15) is 4.79 Å². The number of nitrogens with one attached hydrogen (secondary N) is 2. The minimum Gasteiger partial charge on any atom is -0.497 e. The summed E-state index contributed by atoms with van der Waals surface area (Å²) in [5.41, 5.74) is 2.93. The van der Waals surface area contributed by atoms with Gasteiger partial charge in [0, 0.05) is 39.8 Å². The van der Waals surface area contributed by atoms with E-state index in [1.54, 1.807) is 33.2 Å². The summed E-state index contributed by atoms with van der Waals surface area (Å²) in [6.07, 6.45) is 0.800. The van der Waals surface area contributed by atoms with Gasteiger partial charge in [0.25, 0.3) is 5.91 Å². The number of hydrogen-bond donors (Lipinski definition) is 2. The smallest absolute Gasteiger partial charge is 0.253 e. The molecule has 0 saturated carbocycles. The third-order valence-corrected chi connectivity index (χ3v) is 4.10. The lowest BCUT2D eigenvalue weighted by Crippen LogP contribution is -2.37. The van der Waals surface area contributed by atoms with E-state index in [0.29, 0.717) is 12.1 Å². The molecule has 0 fully saturated rings. The van der Waals surface area contributed by atoms with E-state index in [4.69, 9.17) is 4.74 Å². The number of hydrogen-bond acceptors (Lipinski definition) is 3. The number of benzene rings is 2. The molecule has 0 heterocycles. The van der Waals surface area contributed by atoms with Crippen molar-refractivity contribution in [2.75, 3.05) is 34.8 Å². The first kappa shape index (κ1) is 20.3. The monoisotopic (exact) mass is 368 g/mol. The van der Waals surface area contributed by atoms with E-state index in [2.05, 4.69) is 15.6 Å². The zero-order chi connectivity index (χ0) is 19.6. The molecule has 6 heteroatoms. The Morgan fingerprint density at radius 1 is 1.07 bits per heavy atom. The highest BCUT2D eigenvalue weighted by Crippen LogP contribution is 2.12. The lowest BCUT2D eigenvalue weighted by atomic mass is 10.1. The van der Waals surface area contributed by atoms with Gasteiger partial charge < -0.3 is 20.3 Å². The van der Waals surface area contributed by atoms with E-state index in [-0.39, 0.29) is 5.91 Å². The van der Waals surface area contributed by atoms with Crippen LogP contribution in [0.25, 0.3) is 0 Å². The van der Waals surface area contributed by atoms with Crippen LogP contribution in [0.2, 0.25) is 0 Å². The average molecular weight is 368 g/mol. The molecule has 0 unspecified atom stereocenters. The quantitative estimate of drug-likeness (QED) is 0.581. The SMILES string of the molecule is CN=C(NCCc1cccc(C(=O)N(C)C)c1)NCc1cccc(OC)c1. The van der Waals surface area contributed by atoms with Crippen molar-refractivity contribution < 1.29 is 9.53 Å². The van der Waals surface area contributed by atoms with Crippen molar-refractivity contribution in [1.82, 2.24) is 15.5 Å². The van der Waals surface area contributed by atoms with Gasteiger partial charge in [0.05, 0.1) is 7.11 Å². The van der Waals surface area contributed by atoms with Gasteiger partial charge in [-0.1, -0.05) is 24.3 Å². The molecule has 0 aliphatic rings. The third-order valence-electron chi connectivity index (χ3n) is 4.10. The van der Waals surface area contributed by atoms with E-state index < -0.39 is 0 Å². The first-order chi connectivity index (χ1) is 13.0. The summed E-state index contributed by atoms with van der Waals surface area (Å²) in [6, 6.07) is 15.6. The zero-order valence-electron chi connectivity index (χ0n) is 16.5. The van der Waals surface area contributed by atoms with Gasteiger partial charge in [-0.25, -0.2) is 0 Å². The molecular weight excluding hydrogens is 340 g/mol. The van der Waals surface area contributed by atoms with Gasteiger partial charge in [0.2, 0.25) is 0 Å². The van der Waals surface area contributed by atoms with Gasteiger partial charge >= 0.3 is 0 Å². The van der Waals surface area contributed by atoms with Crippen LogP contribution in [0.1, 0.15) is 21.5 Å². The summed E-state index contributed by atoms with van der Waals surface area (Å²) >= 11 is 0. The number of aliphatic imine (C=N–C) groups is 1. The van der Waals surface area contributed by atoms with Crippen LogP contribution in [-0.2, 0) is 13.0 Å². The first-order valence-electron chi connectivity index (χ1n) is 8.91. The predicted octanol–water partition coefficient (Wildman–Crippen LogP) is 2.30. The molecule has 2 aromatic carbocycles. The molecule has 144 valence electrons. The Morgan fingerprint density at radius 2 is 1.81 bits per heavy atom. The maximum Gasteiger partial charge on any atom is 0.253 e. The number of methoxy groups -OCH3 is 1. The minimum atomic E-state index is 0.0144. The second-order valence-electron chi connectivity index (χ2n) is 6.35. The Balaban J connectivity index is 1.84. The molecule has 2 aromatic rings. The highest BCUT2D eigenvalue weighted by Gasteiger charge is 2.08. The maximum atomic E-state index is 12.1. The number of ether oxygens (including phenoxy) is 1. The summed E-state index contributed by atoms with van der Waals surface area (Å²) in [5.74, 6) is 1.59. The molecule has 0 spiro atoms. The van der Waals surface area contributed by atoms with Crippen LogP contribution in [0.5, 0.6) is 5.75 Å². The van der Waals surface area contributed by atoms with Crippen molar-refractivity contribution in [3.05, 3.63) is 65.2 Å². The van der Waals surface area contributed by atoms with Crippen LogP contribution < -0.4 is 15.4 Å². The highest BCUT2D eigenvalue weighted by atomic mass is 16.5. The fourth-order valence-electron chi connectivity index (χ4n) is 2.63. The second-order valence-corrected chi connectivity index (χ2v) is 6.35. The number of guanidine groups is 1. The molecule has 0 atom stereocenters. The van der Waals surface area contributed by atoms with Crippen LogP contribution in [0.15, 0.2) is 53.5 Å². The number of carbonyl (C=O) groups is 1. The Bertz CT molecular complexity index is 787. The molecule has 0 aliphatic heterocycles. The van der Waals surface area contributed by atoms with Crippen LogP contribution in [0, 0.1) is 0 Å². The maximum absolute atomic E-state index is 12.1. The average Bonchev–Trinajstić information content (AvgIpc) is 2.70. The van der Waals surface area contributed by atoms with E-state index in [0.717, 1.165) is 35.8 Å². The van der Waals surface area contributed by atoms with Crippen molar-refractivity contribution in [2.45, 2.75) is 13.0 Å². The first-order valence-corrected chi connectivity index (χ1v) is 8.91. The fourth-order valence-corrected chi connectivity index (χ4v) is 2.63. The van der Waals surface area contributed by atoms with Crippen molar-refractivity contribution in [3.63, 3.8) is 0 Å². The van der Waals surface area contributed by atoms with E-state index >= 15 is 0 Å². The van der Waals surface area contributed by atoms with Crippen LogP contribution >= 0.6 is 0 Å². The van der Waals surface area contributed by atoms with E-state index in [1.807, 2.05) is 48.5 Å². The number of nitrogens with zero attached hydrogens (tertiary/aromatic N) is 2. The number of rotatable bonds is 7. The van der Waals surface area contributed by atoms with Gasteiger partial charge in [-0.3, -0.25) is 9.79 Å². The number of carbonyl (C=O) groups excluding carboxylic acids is 1. The van der Waals surface area contributed by atoms with Crippen LogP contribution in [0.4, 0.5) is 0 Å². The van der Waals surface area contributed by atoms with Gasteiger partial charge in [0.1, 0.15) is 5.75 Å². The molecule has 0 saturated heterocycles. The molecule has 0 radical (unpaired) electrons. The molecule has 6 nitrogen and oxygen atoms in total. The lowest BCUT2D eigenvalue weighted by Gasteiger charge is -2.13. The second kappa shape index (κ2) is 10.2. The van der Waals surface area contributed by atoms with Gasteiger partial charge in [-0.15, -0.1) is 0 Å². The Labute approximate surface area is 161 Å². The van der Waals surface area contributed by atoms with Crippen molar-refractivity contribution in [2.24, 2.45) is 4.99 Å². The Morgan fingerprint density at radius 3 is 2.52 bits per heavy atom. The number of amides is 1. The lowest BCUT2D eigenvalue weighted by molar-refractivity contribution is 0.0827. The van der Waals surface area contributed by atoms with Crippen molar-refractivity contribution in [3.8, 4) is 5.75 Å². The Hall–Kier alpha value is -3.02. The van der Waals surface area contributed by atoms with Gasteiger partial charge in [-0.05, 0) is 41.8 Å². The fraction of sp³-hybridized carbons (Fsp3) is 0.333. The summed E-state index contributed by atoms with van der Waals surface area (Å²) in [5, 5.41) is 6.59. The molecule has 2 N–H and O–H groups in total.